The summed E-state index contributed by atoms with van der Waals surface area (Å²) in [5.74, 6) is 0.337. The van der Waals surface area contributed by atoms with Crippen LogP contribution in [0.3, 0.4) is 0 Å². The van der Waals surface area contributed by atoms with Crippen LogP contribution in [0.25, 0.3) is 78.1 Å². The lowest BCUT2D eigenvalue weighted by Gasteiger charge is -2.15. The van der Waals surface area contributed by atoms with Crippen molar-refractivity contribution in [2.75, 3.05) is 0 Å². The smallest absolute Gasteiger partial charge is 0.0541 e. The molecule has 1 aliphatic carbocycles. The normalized spacial score (nSPS) is 14.3. The Balaban J connectivity index is 1.03. The number of fused-ring (bicyclic) bond motifs is 7. The maximum absolute atomic E-state index is 2.49. The van der Waals surface area contributed by atoms with Crippen molar-refractivity contribution >= 4 is 55.6 Å². The van der Waals surface area contributed by atoms with Crippen molar-refractivity contribution in [2.24, 2.45) is 0 Å². The number of para-hydroxylation sites is 3. The first-order valence-electron chi connectivity index (χ1n) is 16.8. The number of hydrogen-bond acceptors (Lipinski definition) is 0. The highest BCUT2D eigenvalue weighted by Crippen LogP contribution is 2.36. The summed E-state index contributed by atoms with van der Waals surface area (Å²) in [4.78, 5) is 0. The summed E-state index contributed by atoms with van der Waals surface area (Å²) in [6, 6.07) is 59.8. The summed E-state index contributed by atoms with van der Waals surface area (Å²) in [6.07, 6.45) is 5.90. The van der Waals surface area contributed by atoms with E-state index in [9.17, 15) is 0 Å². The van der Waals surface area contributed by atoms with Crippen LogP contribution in [0.4, 0.5) is 0 Å². The highest BCUT2D eigenvalue weighted by atomic mass is 15.0. The van der Waals surface area contributed by atoms with Crippen molar-refractivity contribution in [3.8, 4) is 22.5 Å². The van der Waals surface area contributed by atoms with Gasteiger partial charge in [0.05, 0.1) is 16.6 Å². The molecule has 0 spiro atoms. The van der Waals surface area contributed by atoms with Gasteiger partial charge in [0.1, 0.15) is 0 Å². The molecule has 1 unspecified atom stereocenters. The van der Waals surface area contributed by atoms with Crippen LogP contribution in [0.2, 0.25) is 0 Å². The summed E-state index contributed by atoms with van der Waals surface area (Å²) in [5.41, 5.74) is 9.94. The topological polar surface area (TPSA) is 9.86 Å². The third-order valence-corrected chi connectivity index (χ3v) is 10.2. The molecule has 9 aromatic rings. The first-order valence-corrected chi connectivity index (χ1v) is 16.8. The molecule has 1 aliphatic rings. The Hall–Kier alpha value is -6.12. The maximum atomic E-state index is 2.49. The van der Waals surface area contributed by atoms with Crippen molar-refractivity contribution in [3.05, 3.63) is 180 Å². The molecule has 0 saturated heterocycles. The first kappa shape index (κ1) is 27.0. The molecule has 0 N–H and O–H groups in total. The second kappa shape index (κ2) is 10.7. The quantitative estimate of drug-likeness (QED) is 0.187. The van der Waals surface area contributed by atoms with Crippen molar-refractivity contribution in [2.45, 2.75) is 12.3 Å². The molecular weight excluding hydrogens is 581 g/mol. The third-order valence-electron chi connectivity index (χ3n) is 10.2. The fourth-order valence-electron chi connectivity index (χ4n) is 7.93. The molecule has 0 fully saturated rings. The number of aromatic nitrogens is 2. The second-order valence-corrected chi connectivity index (χ2v) is 12.9. The van der Waals surface area contributed by atoms with Crippen LogP contribution < -0.4 is 10.6 Å². The molecule has 226 valence electrons. The van der Waals surface area contributed by atoms with E-state index in [4.69, 9.17) is 0 Å². The van der Waals surface area contributed by atoms with Crippen LogP contribution in [0.1, 0.15) is 17.9 Å². The molecule has 2 heteroatoms. The Kier molecular flexibility index (Phi) is 6.04. The van der Waals surface area contributed by atoms with Crippen molar-refractivity contribution in [1.82, 2.24) is 9.13 Å². The van der Waals surface area contributed by atoms with Gasteiger partial charge < -0.3 is 9.13 Å². The van der Waals surface area contributed by atoms with Crippen LogP contribution in [0, 0.1) is 0 Å². The maximum Gasteiger partial charge on any atom is 0.0541 e. The Bertz CT molecular complexity index is 2800. The number of hydrogen-bond donors (Lipinski definition) is 0. The van der Waals surface area contributed by atoms with E-state index in [1.54, 1.807) is 0 Å². The molecule has 7 aromatic carbocycles. The Morgan fingerprint density at radius 3 is 1.94 bits per heavy atom. The largest absolute Gasteiger partial charge is 0.310 e. The second-order valence-electron chi connectivity index (χ2n) is 12.9. The predicted octanol–water partition coefficient (Wildman–Crippen LogP) is 10.3. The van der Waals surface area contributed by atoms with Gasteiger partial charge in [0.25, 0.3) is 0 Å². The van der Waals surface area contributed by atoms with E-state index in [1.165, 1.54) is 82.1 Å². The van der Waals surface area contributed by atoms with Gasteiger partial charge >= 0.3 is 0 Å². The minimum atomic E-state index is 0.337. The van der Waals surface area contributed by atoms with Crippen LogP contribution in [0.5, 0.6) is 0 Å². The summed E-state index contributed by atoms with van der Waals surface area (Å²) in [7, 11) is 0. The van der Waals surface area contributed by atoms with Gasteiger partial charge in [0, 0.05) is 44.0 Å². The van der Waals surface area contributed by atoms with Crippen LogP contribution in [-0.2, 0) is 0 Å². The van der Waals surface area contributed by atoms with E-state index in [1.807, 2.05) is 0 Å². The van der Waals surface area contributed by atoms with E-state index >= 15 is 0 Å². The lowest BCUT2D eigenvalue weighted by atomic mass is 9.90. The lowest BCUT2D eigenvalue weighted by Crippen LogP contribution is -2.31. The molecule has 2 heterocycles. The molecule has 0 amide bonds. The summed E-state index contributed by atoms with van der Waals surface area (Å²) in [5, 5.41) is 9.01. The van der Waals surface area contributed by atoms with E-state index in [0.717, 1.165) is 6.42 Å². The zero-order valence-corrected chi connectivity index (χ0v) is 26.4. The molecule has 0 aliphatic heterocycles. The van der Waals surface area contributed by atoms with E-state index in [2.05, 4.69) is 185 Å². The molecule has 0 saturated carbocycles. The van der Waals surface area contributed by atoms with Gasteiger partial charge in [0.15, 0.2) is 0 Å². The van der Waals surface area contributed by atoms with Gasteiger partial charge in [-0.25, -0.2) is 0 Å². The van der Waals surface area contributed by atoms with Crippen molar-refractivity contribution < 1.29 is 0 Å². The average molecular weight is 613 g/mol. The molecule has 0 radical (unpaired) electrons. The molecule has 48 heavy (non-hydrogen) atoms. The molecule has 2 nitrogen and oxygen atoms in total. The standard InChI is InChI=1S/C46H32N2/c1-2-12-37(13-3-1)47-43-16-8-6-14-39(43)41-29-35(23-26-45(41)47)32-18-20-33(21-19-32)36-24-27-46-42(30-36)40-15-7-9-17-44(40)48(46)38-25-22-31-10-4-5-11-34(31)28-38/h1-22,24-30,35H,23H2. The summed E-state index contributed by atoms with van der Waals surface area (Å²) in [6.45, 7) is 0. The van der Waals surface area contributed by atoms with Gasteiger partial charge in [-0.05, 0) is 82.4 Å². The Morgan fingerprint density at radius 2 is 1.10 bits per heavy atom. The lowest BCUT2D eigenvalue weighted by molar-refractivity contribution is 0.907. The van der Waals surface area contributed by atoms with Crippen LogP contribution in [-0.4, -0.2) is 9.13 Å². The predicted molar refractivity (Wildman–Crippen MR) is 203 cm³/mol. The number of rotatable bonds is 4. The van der Waals surface area contributed by atoms with Gasteiger partial charge in [-0.3, -0.25) is 0 Å². The van der Waals surface area contributed by atoms with Crippen molar-refractivity contribution in [1.29, 1.82) is 0 Å². The molecule has 10 rings (SSSR count). The van der Waals surface area contributed by atoms with E-state index < -0.39 is 0 Å². The minimum Gasteiger partial charge on any atom is -0.310 e. The highest BCUT2D eigenvalue weighted by Gasteiger charge is 2.18. The van der Waals surface area contributed by atoms with Crippen LogP contribution in [0.15, 0.2) is 164 Å². The third kappa shape index (κ3) is 4.19. The van der Waals surface area contributed by atoms with E-state index in [-0.39, 0.29) is 0 Å². The van der Waals surface area contributed by atoms with Gasteiger partial charge in [-0.1, -0.05) is 127 Å². The molecule has 2 aromatic heterocycles. The van der Waals surface area contributed by atoms with E-state index in [0.29, 0.717) is 5.92 Å². The molecule has 0 bridgehead atoms. The summed E-state index contributed by atoms with van der Waals surface area (Å²) < 4.78 is 4.82. The Morgan fingerprint density at radius 1 is 0.438 bits per heavy atom. The minimum absolute atomic E-state index is 0.337. The zero-order chi connectivity index (χ0) is 31.6. The molecule has 1 atom stereocenters. The molecular formula is C46H32N2. The zero-order valence-electron chi connectivity index (χ0n) is 26.4. The van der Waals surface area contributed by atoms with Gasteiger partial charge in [0.2, 0.25) is 0 Å². The monoisotopic (exact) mass is 612 g/mol. The van der Waals surface area contributed by atoms with Crippen molar-refractivity contribution in [3.63, 3.8) is 0 Å². The summed E-state index contributed by atoms with van der Waals surface area (Å²) >= 11 is 0. The first-order chi connectivity index (χ1) is 23.8. The Labute approximate surface area is 278 Å². The average Bonchev–Trinajstić information content (AvgIpc) is 3.67. The van der Waals surface area contributed by atoms with Gasteiger partial charge in [-0.15, -0.1) is 0 Å². The fraction of sp³-hybridized carbons (Fsp3) is 0.0435. The number of nitrogens with zero attached hydrogens (tertiary/aromatic N) is 2. The highest BCUT2D eigenvalue weighted by molar-refractivity contribution is 6.10. The number of benzene rings is 7. The fourth-order valence-corrected chi connectivity index (χ4v) is 7.93. The van der Waals surface area contributed by atoms with Gasteiger partial charge in [-0.2, -0.15) is 0 Å². The SMILES string of the molecule is C1=c2c(n(-c3ccccc3)c3ccccc23)=CCC1c1ccc(-c2ccc3c(c2)c2ccccc2n3-c2ccc3ccccc3c2)cc1. The van der Waals surface area contributed by atoms with Crippen LogP contribution >= 0.6 is 0 Å².